The highest BCUT2D eigenvalue weighted by Crippen LogP contribution is 2.09. The Hall–Kier alpha value is -0.870. The molecule has 0 radical (unpaired) electrons. The van der Waals surface area contributed by atoms with E-state index in [0.29, 0.717) is 6.42 Å². The monoisotopic (exact) mass is 226 g/mol. The van der Waals surface area contributed by atoms with E-state index < -0.39 is 0 Å². The fraction of sp³-hybridized carbons (Fsp3) is 0.545. The smallest absolute Gasteiger partial charge is 0.239 e. The summed E-state index contributed by atoms with van der Waals surface area (Å²) >= 11 is 1.72. The SMILES string of the molecule is CCC(N)C(=O)N(C)CCc1cccs1. The molecule has 0 aliphatic rings. The summed E-state index contributed by atoms with van der Waals surface area (Å²) in [5, 5.41) is 2.05. The molecule has 3 nitrogen and oxygen atoms in total. The minimum atomic E-state index is -0.349. The average Bonchev–Trinajstić information content (AvgIpc) is 2.76. The van der Waals surface area contributed by atoms with Crippen molar-refractivity contribution >= 4 is 17.2 Å². The lowest BCUT2D eigenvalue weighted by molar-refractivity contribution is -0.131. The third-order valence-electron chi connectivity index (χ3n) is 2.41. The normalized spacial score (nSPS) is 12.5. The molecule has 1 aromatic rings. The highest BCUT2D eigenvalue weighted by Gasteiger charge is 2.15. The first-order valence-corrected chi connectivity index (χ1v) is 6.06. The molecule has 1 atom stereocenters. The Balaban J connectivity index is 2.35. The van der Waals surface area contributed by atoms with Gasteiger partial charge in [0, 0.05) is 18.5 Å². The van der Waals surface area contributed by atoms with Crippen LogP contribution in [0.25, 0.3) is 0 Å². The van der Waals surface area contributed by atoms with Gasteiger partial charge in [0.25, 0.3) is 0 Å². The Labute approximate surface area is 94.9 Å². The second-order valence-electron chi connectivity index (χ2n) is 3.60. The maximum Gasteiger partial charge on any atom is 0.239 e. The molecule has 0 fully saturated rings. The number of nitrogens with zero attached hydrogens (tertiary/aromatic N) is 1. The standard InChI is InChI=1S/C11H18N2OS/c1-3-10(12)11(14)13(2)7-6-9-5-4-8-15-9/h4-5,8,10H,3,6-7,12H2,1-2H3. The number of likely N-dealkylation sites (N-methyl/N-ethyl adjacent to an activating group) is 1. The van der Waals surface area contributed by atoms with Crippen molar-refractivity contribution in [2.24, 2.45) is 5.73 Å². The molecule has 0 saturated heterocycles. The molecule has 0 aliphatic carbocycles. The number of amides is 1. The quantitative estimate of drug-likeness (QED) is 0.826. The third-order valence-corrected chi connectivity index (χ3v) is 3.34. The van der Waals surface area contributed by atoms with E-state index in [2.05, 4.69) is 11.4 Å². The Morgan fingerprint density at radius 2 is 2.40 bits per heavy atom. The van der Waals surface area contributed by atoms with Crippen molar-refractivity contribution < 1.29 is 4.79 Å². The van der Waals surface area contributed by atoms with Gasteiger partial charge in [-0.15, -0.1) is 11.3 Å². The first kappa shape index (κ1) is 12.2. The first-order chi connectivity index (χ1) is 7.15. The van der Waals surface area contributed by atoms with E-state index in [0.717, 1.165) is 13.0 Å². The zero-order chi connectivity index (χ0) is 11.3. The van der Waals surface area contributed by atoms with Crippen LogP contribution in [0.3, 0.4) is 0 Å². The van der Waals surface area contributed by atoms with Gasteiger partial charge in [0.15, 0.2) is 0 Å². The van der Waals surface area contributed by atoms with Crippen LogP contribution >= 0.6 is 11.3 Å². The lowest BCUT2D eigenvalue weighted by atomic mass is 10.2. The van der Waals surface area contributed by atoms with Gasteiger partial charge in [-0.2, -0.15) is 0 Å². The molecule has 1 unspecified atom stereocenters. The van der Waals surface area contributed by atoms with Crippen LogP contribution < -0.4 is 5.73 Å². The maximum absolute atomic E-state index is 11.6. The van der Waals surface area contributed by atoms with Crippen molar-refractivity contribution in [1.82, 2.24) is 4.90 Å². The van der Waals surface area contributed by atoms with E-state index in [1.54, 1.807) is 16.2 Å². The Morgan fingerprint density at radius 3 is 2.93 bits per heavy atom. The van der Waals surface area contributed by atoms with Gasteiger partial charge in [0.05, 0.1) is 6.04 Å². The number of nitrogens with two attached hydrogens (primary N) is 1. The van der Waals surface area contributed by atoms with Crippen molar-refractivity contribution in [3.63, 3.8) is 0 Å². The van der Waals surface area contributed by atoms with Crippen molar-refractivity contribution in [3.05, 3.63) is 22.4 Å². The van der Waals surface area contributed by atoms with Crippen LogP contribution in [0, 0.1) is 0 Å². The molecule has 0 aromatic carbocycles. The summed E-state index contributed by atoms with van der Waals surface area (Å²) < 4.78 is 0. The minimum Gasteiger partial charge on any atom is -0.344 e. The number of carbonyl (C=O) groups excluding carboxylic acids is 1. The van der Waals surface area contributed by atoms with Crippen LogP contribution in [0.4, 0.5) is 0 Å². The molecular weight excluding hydrogens is 208 g/mol. The summed E-state index contributed by atoms with van der Waals surface area (Å²) in [5.41, 5.74) is 5.68. The van der Waals surface area contributed by atoms with Crippen LogP contribution in [-0.2, 0) is 11.2 Å². The first-order valence-electron chi connectivity index (χ1n) is 5.18. The molecule has 4 heteroatoms. The van der Waals surface area contributed by atoms with E-state index in [9.17, 15) is 4.79 Å². The van der Waals surface area contributed by atoms with Crippen LogP contribution in [0.15, 0.2) is 17.5 Å². The highest BCUT2D eigenvalue weighted by atomic mass is 32.1. The molecule has 84 valence electrons. The van der Waals surface area contributed by atoms with Crippen LogP contribution in [0.1, 0.15) is 18.2 Å². The lowest BCUT2D eigenvalue weighted by Crippen LogP contribution is -2.42. The van der Waals surface area contributed by atoms with Crippen LogP contribution in [0.2, 0.25) is 0 Å². The van der Waals surface area contributed by atoms with Crippen molar-refractivity contribution in [1.29, 1.82) is 0 Å². The van der Waals surface area contributed by atoms with Gasteiger partial charge in [-0.25, -0.2) is 0 Å². The van der Waals surface area contributed by atoms with E-state index >= 15 is 0 Å². The number of thiophene rings is 1. The number of hydrogen-bond donors (Lipinski definition) is 1. The van der Waals surface area contributed by atoms with Gasteiger partial charge >= 0.3 is 0 Å². The molecule has 1 aromatic heterocycles. The minimum absolute atomic E-state index is 0.0362. The Morgan fingerprint density at radius 1 is 1.67 bits per heavy atom. The summed E-state index contributed by atoms with van der Waals surface area (Å²) in [6.45, 7) is 2.67. The van der Waals surface area contributed by atoms with Gasteiger partial charge in [0.2, 0.25) is 5.91 Å². The molecule has 0 spiro atoms. The molecule has 15 heavy (non-hydrogen) atoms. The average molecular weight is 226 g/mol. The predicted octanol–water partition coefficient (Wildman–Crippen LogP) is 1.49. The van der Waals surface area contributed by atoms with Crippen LogP contribution in [-0.4, -0.2) is 30.4 Å². The molecule has 0 aliphatic heterocycles. The number of carbonyl (C=O) groups is 1. The van der Waals surface area contributed by atoms with Gasteiger partial charge in [-0.1, -0.05) is 13.0 Å². The largest absolute Gasteiger partial charge is 0.344 e. The van der Waals surface area contributed by atoms with Gasteiger partial charge in [-0.3, -0.25) is 4.79 Å². The van der Waals surface area contributed by atoms with E-state index in [1.165, 1.54) is 4.88 Å². The topological polar surface area (TPSA) is 46.3 Å². The fourth-order valence-corrected chi connectivity index (χ4v) is 2.00. The summed E-state index contributed by atoms with van der Waals surface area (Å²) in [6.07, 6.45) is 1.61. The molecular formula is C11H18N2OS. The molecule has 0 saturated carbocycles. The second kappa shape index (κ2) is 5.88. The van der Waals surface area contributed by atoms with Crippen molar-refractivity contribution in [3.8, 4) is 0 Å². The second-order valence-corrected chi connectivity index (χ2v) is 4.64. The summed E-state index contributed by atoms with van der Waals surface area (Å²) in [6, 6.07) is 3.76. The van der Waals surface area contributed by atoms with Crippen molar-refractivity contribution in [2.45, 2.75) is 25.8 Å². The number of rotatable bonds is 5. The predicted molar refractivity (Wildman–Crippen MR) is 63.9 cm³/mol. The van der Waals surface area contributed by atoms with Gasteiger partial charge in [0.1, 0.15) is 0 Å². The summed E-state index contributed by atoms with van der Waals surface area (Å²) in [5.74, 6) is 0.0362. The van der Waals surface area contributed by atoms with E-state index in [-0.39, 0.29) is 11.9 Å². The third kappa shape index (κ3) is 3.64. The molecule has 0 bridgehead atoms. The summed E-state index contributed by atoms with van der Waals surface area (Å²) in [7, 11) is 1.81. The Bertz CT molecular complexity index is 298. The van der Waals surface area contributed by atoms with Crippen LogP contribution in [0.5, 0.6) is 0 Å². The molecule has 2 N–H and O–H groups in total. The summed E-state index contributed by atoms with van der Waals surface area (Å²) in [4.78, 5) is 14.7. The molecule has 1 rings (SSSR count). The van der Waals surface area contributed by atoms with Crippen molar-refractivity contribution in [2.75, 3.05) is 13.6 Å². The van der Waals surface area contributed by atoms with E-state index in [4.69, 9.17) is 5.73 Å². The Kier molecular flexibility index (Phi) is 4.78. The highest BCUT2D eigenvalue weighted by molar-refractivity contribution is 7.09. The molecule has 1 amide bonds. The zero-order valence-electron chi connectivity index (χ0n) is 9.27. The molecule has 1 heterocycles. The van der Waals surface area contributed by atoms with Gasteiger partial charge in [-0.05, 0) is 24.3 Å². The zero-order valence-corrected chi connectivity index (χ0v) is 10.1. The number of hydrogen-bond acceptors (Lipinski definition) is 3. The fourth-order valence-electron chi connectivity index (χ4n) is 1.30. The van der Waals surface area contributed by atoms with Gasteiger partial charge < -0.3 is 10.6 Å². The van der Waals surface area contributed by atoms with E-state index in [1.807, 2.05) is 20.0 Å². The maximum atomic E-state index is 11.6. The lowest BCUT2D eigenvalue weighted by Gasteiger charge is -2.20.